The summed E-state index contributed by atoms with van der Waals surface area (Å²) >= 11 is 0. The molecule has 108 valence electrons. The highest BCUT2D eigenvalue weighted by Gasteiger charge is 2.43. The van der Waals surface area contributed by atoms with Crippen LogP contribution in [0.4, 0.5) is 9.59 Å². The molecule has 2 fully saturated rings. The number of carboxylic acid groups (broad SMARTS) is 1. The molecule has 6 heteroatoms. The fraction of sp³-hybridized carbons (Fsp3) is 0.846. The zero-order valence-electron chi connectivity index (χ0n) is 11.7. The number of fused-ring (bicyclic) bond motifs is 2. The summed E-state index contributed by atoms with van der Waals surface area (Å²) in [6.07, 6.45) is 1.89. The highest BCUT2D eigenvalue weighted by Crippen LogP contribution is 2.35. The van der Waals surface area contributed by atoms with Crippen molar-refractivity contribution in [1.82, 2.24) is 10.2 Å². The molecule has 0 aromatic rings. The standard InChI is InChI=1S/C13H22N2O4/c1-13(2,3)19-11(16)14-8-6-9-4-5-10(7-8)15(9)12(17)18/h8-10H,4-7H2,1-3H3,(H,14,16)(H,17,18). The number of rotatable bonds is 1. The zero-order chi connectivity index (χ0) is 14.2. The highest BCUT2D eigenvalue weighted by atomic mass is 16.6. The predicted molar refractivity (Wildman–Crippen MR) is 69.1 cm³/mol. The van der Waals surface area contributed by atoms with E-state index in [1.807, 2.05) is 20.8 Å². The van der Waals surface area contributed by atoms with Crippen LogP contribution in [-0.4, -0.2) is 45.9 Å². The van der Waals surface area contributed by atoms with E-state index in [1.165, 1.54) is 0 Å². The number of piperidine rings is 1. The number of nitrogens with zero attached hydrogens (tertiary/aromatic N) is 1. The van der Waals surface area contributed by atoms with Gasteiger partial charge in [0.2, 0.25) is 0 Å². The van der Waals surface area contributed by atoms with Crippen molar-refractivity contribution in [3.8, 4) is 0 Å². The maximum atomic E-state index is 11.7. The molecular weight excluding hydrogens is 248 g/mol. The lowest BCUT2D eigenvalue weighted by Crippen LogP contribution is -2.52. The topological polar surface area (TPSA) is 78.9 Å². The van der Waals surface area contributed by atoms with Crippen LogP contribution in [0.15, 0.2) is 0 Å². The molecule has 2 bridgehead atoms. The summed E-state index contributed by atoms with van der Waals surface area (Å²) in [6, 6.07) is 0.0929. The van der Waals surface area contributed by atoms with E-state index >= 15 is 0 Å². The van der Waals surface area contributed by atoms with E-state index in [9.17, 15) is 9.59 Å². The molecule has 2 amide bonds. The molecule has 2 unspecified atom stereocenters. The van der Waals surface area contributed by atoms with Gasteiger partial charge >= 0.3 is 12.2 Å². The Morgan fingerprint density at radius 3 is 2.16 bits per heavy atom. The third-order valence-electron chi connectivity index (χ3n) is 3.67. The van der Waals surface area contributed by atoms with Crippen LogP contribution in [0.2, 0.25) is 0 Å². The fourth-order valence-electron chi connectivity index (χ4n) is 3.08. The number of carbonyl (C=O) groups excluding carboxylic acids is 1. The quantitative estimate of drug-likeness (QED) is 0.765. The molecule has 0 aromatic heterocycles. The minimum Gasteiger partial charge on any atom is -0.465 e. The molecule has 0 spiro atoms. The third kappa shape index (κ3) is 3.30. The Kier molecular flexibility index (Phi) is 3.60. The van der Waals surface area contributed by atoms with E-state index < -0.39 is 17.8 Å². The van der Waals surface area contributed by atoms with Crippen LogP contribution in [0, 0.1) is 0 Å². The first-order valence-corrected chi connectivity index (χ1v) is 6.77. The summed E-state index contributed by atoms with van der Waals surface area (Å²) in [5.74, 6) is 0. The summed E-state index contributed by atoms with van der Waals surface area (Å²) in [5.41, 5.74) is -0.509. The molecule has 2 heterocycles. The van der Waals surface area contributed by atoms with E-state index in [1.54, 1.807) is 4.90 Å². The van der Waals surface area contributed by atoms with Gasteiger partial charge < -0.3 is 20.1 Å². The first kappa shape index (κ1) is 14.0. The van der Waals surface area contributed by atoms with Gasteiger partial charge in [-0.25, -0.2) is 9.59 Å². The van der Waals surface area contributed by atoms with Gasteiger partial charge in [-0.15, -0.1) is 0 Å². The van der Waals surface area contributed by atoms with Gasteiger partial charge in [-0.3, -0.25) is 0 Å². The van der Waals surface area contributed by atoms with Crippen molar-refractivity contribution in [1.29, 1.82) is 0 Å². The Bertz CT molecular complexity index is 363. The number of carbonyl (C=O) groups is 2. The molecule has 2 aliphatic rings. The van der Waals surface area contributed by atoms with Crippen LogP contribution in [0.5, 0.6) is 0 Å². The molecule has 2 saturated heterocycles. The number of nitrogens with one attached hydrogen (secondary N) is 1. The number of amides is 2. The fourth-order valence-corrected chi connectivity index (χ4v) is 3.08. The van der Waals surface area contributed by atoms with Gasteiger partial charge in [0, 0.05) is 18.1 Å². The zero-order valence-corrected chi connectivity index (χ0v) is 11.7. The third-order valence-corrected chi connectivity index (χ3v) is 3.67. The molecule has 2 N–H and O–H groups in total. The lowest BCUT2D eigenvalue weighted by atomic mass is 9.98. The molecule has 6 nitrogen and oxygen atoms in total. The maximum absolute atomic E-state index is 11.7. The van der Waals surface area contributed by atoms with Gasteiger partial charge in [-0.2, -0.15) is 0 Å². The minimum absolute atomic E-state index is 0.0166. The SMILES string of the molecule is CC(C)(C)OC(=O)NC1CC2CCC(C1)N2C(=O)O. The van der Waals surface area contributed by atoms with Crippen LogP contribution in [-0.2, 0) is 4.74 Å². The highest BCUT2D eigenvalue weighted by molar-refractivity contribution is 5.69. The molecule has 0 aromatic carbocycles. The normalized spacial score (nSPS) is 30.1. The van der Waals surface area contributed by atoms with Gasteiger partial charge in [-0.05, 0) is 46.5 Å². The van der Waals surface area contributed by atoms with Crippen LogP contribution >= 0.6 is 0 Å². The molecule has 2 atom stereocenters. The van der Waals surface area contributed by atoms with Crippen LogP contribution < -0.4 is 5.32 Å². The summed E-state index contributed by atoms with van der Waals surface area (Å²) in [5, 5.41) is 12.0. The van der Waals surface area contributed by atoms with Crippen molar-refractivity contribution >= 4 is 12.2 Å². The second-order valence-corrected chi connectivity index (χ2v) is 6.39. The monoisotopic (exact) mass is 270 g/mol. The Labute approximate surface area is 113 Å². The lowest BCUT2D eigenvalue weighted by molar-refractivity contribution is 0.0449. The second-order valence-electron chi connectivity index (χ2n) is 6.39. The van der Waals surface area contributed by atoms with E-state index in [4.69, 9.17) is 9.84 Å². The molecule has 0 saturated carbocycles. The second kappa shape index (κ2) is 4.90. The van der Waals surface area contributed by atoms with Crippen LogP contribution in [0.1, 0.15) is 46.5 Å². The van der Waals surface area contributed by atoms with Crippen LogP contribution in [0.3, 0.4) is 0 Å². The van der Waals surface area contributed by atoms with Crippen molar-refractivity contribution in [3.05, 3.63) is 0 Å². The molecule has 2 rings (SSSR count). The van der Waals surface area contributed by atoms with E-state index in [0.717, 1.165) is 12.8 Å². The van der Waals surface area contributed by atoms with Gasteiger partial charge in [0.1, 0.15) is 5.60 Å². The summed E-state index contributed by atoms with van der Waals surface area (Å²) in [6.45, 7) is 5.47. The van der Waals surface area contributed by atoms with E-state index in [-0.39, 0.29) is 18.1 Å². The molecule has 0 radical (unpaired) electrons. The number of ether oxygens (including phenoxy) is 1. The van der Waals surface area contributed by atoms with Gasteiger partial charge in [0.15, 0.2) is 0 Å². The minimum atomic E-state index is -0.844. The average molecular weight is 270 g/mol. The molecule has 2 aliphatic heterocycles. The van der Waals surface area contributed by atoms with Gasteiger partial charge in [0.25, 0.3) is 0 Å². The largest absolute Gasteiger partial charge is 0.465 e. The number of hydrogen-bond donors (Lipinski definition) is 2. The van der Waals surface area contributed by atoms with Crippen molar-refractivity contribution in [2.45, 2.75) is 70.2 Å². The summed E-state index contributed by atoms with van der Waals surface area (Å²) in [4.78, 5) is 24.4. The smallest absolute Gasteiger partial charge is 0.407 e. The van der Waals surface area contributed by atoms with Crippen LogP contribution in [0.25, 0.3) is 0 Å². The first-order valence-electron chi connectivity index (χ1n) is 6.77. The van der Waals surface area contributed by atoms with Crippen molar-refractivity contribution in [3.63, 3.8) is 0 Å². The molecule has 19 heavy (non-hydrogen) atoms. The summed E-state index contributed by atoms with van der Waals surface area (Å²) < 4.78 is 5.23. The van der Waals surface area contributed by atoms with E-state index in [2.05, 4.69) is 5.32 Å². The Hall–Kier alpha value is -1.46. The Balaban J connectivity index is 1.89. The van der Waals surface area contributed by atoms with Crippen molar-refractivity contribution in [2.75, 3.05) is 0 Å². The average Bonchev–Trinajstić information content (AvgIpc) is 2.48. The summed E-state index contributed by atoms with van der Waals surface area (Å²) in [7, 11) is 0. The van der Waals surface area contributed by atoms with E-state index in [0.29, 0.717) is 12.8 Å². The Morgan fingerprint density at radius 1 is 1.21 bits per heavy atom. The molecular formula is C13H22N2O4. The number of hydrogen-bond acceptors (Lipinski definition) is 3. The lowest BCUT2D eigenvalue weighted by Gasteiger charge is -2.37. The first-order chi connectivity index (χ1) is 8.76. The number of alkyl carbamates (subject to hydrolysis) is 1. The predicted octanol–water partition coefficient (Wildman–Crippen LogP) is 2.18. The molecule has 0 aliphatic carbocycles. The maximum Gasteiger partial charge on any atom is 0.407 e. The Morgan fingerprint density at radius 2 is 1.74 bits per heavy atom. The van der Waals surface area contributed by atoms with Crippen molar-refractivity contribution < 1.29 is 19.4 Å². The van der Waals surface area contributed by atoms with Gasteiger partial charge in [-0.1, -0.05) is 0 Å². The van der Waals surface area contributed by atoms with Gasteiger partial charge in [0.05, 0.1) is 0 Å². The van der Waals surface area contributed by atoms with Crippen molar-refractivity contribution in [2.24, 2.45) is 0 Å².